The summed E-state index contributed by atoms with van der Waals surface area (Å²) in [6.07, 6.45) is 5.19. The largest absolute Gasteiger partial charge is 0.494 e. The van der Waals surface area contributed by atoms with Gasteiger partial charge in [-0.25, -0.2) is 9.99 Å². The van der Waals surface area contributed by atoms with Crippen LogP contribution in [0.1, 0.15) is 30.9 Å². The van der Waals surface area contributed by atoms with E-state index in [1.165, 1.54) is 6.42 Å². The Labute approximate surface area is 100 Å². The van der Waals surface area contributed by atoms with Crippen molar-refractivity contribution in [2.75, 3.05) is 13.7 Å². The van der Waals surface area contributed by atoms with Crippen molar-refractivity contribution in [3.63, 3.8) is 0 Å². The predicted molar refractivity (Wildman–Crippen MR) is 63.3 cm³/mol. The van der Waals surface area contributed by atoms with Gasteiger partial charge in [-0.3, -0.25) is 5.84 Å². The zero-order valence-electron chi connectivity index (χ0n) is 9.32. The molecule has 4 nitrogen and oxygen atoms in total. The zero-order chi connectivity index (χ0) is 11.5. The summed E-state index contributed by atoms with van der Waals surface area (Å²) in [7, 11) is 1.59. The van der Waals surface area contributed by atoms with Crippen LogP contribution < -0.4 is 10.6 Å². The lowest BCUT2D eigenvalue weighted by molar-refractivity contribution is 0.151. The molecule has 1 fully saturated rings. The molecular formula is C11H16ClN3O. The molecule has 0 unspecified atom stereocenters. The molecule has 5 heteroatoms. The summed E-state index contributed by atoms with van der Waals surface area (Å²) >= 11 is 5.89. The normalized spacial score (nSPS) is 22.1. The maximum absolute atomic E-state index is 5.97. The number of methoxy groups -OCH3 is 1. The molecule has 0 amide bonds. The number of hydrazine groups is 1. The first-order valence-electron chi connectivity index (χ1n) is 5.43. The number of aromatic nitrogens is 1. The van der Waals surface area contributed by atoms with Gasteiger partial charge in [0, 0.05) is 12.7 Å². The number of piperidine rings is 1. The Bertz CT molecular complexity index is 372. The number of nitrogens with zero attached hydrogens (tertiary/aromatic N) is 2. The van der Waals surface area contributed by atoms with Gasteiger partial charge in [-0.05, 0) is 24.5 Å². The SMILES string of the molecule is COc1cc([C@H]2CCCCN2N)cnc1Cl. The molecule has 0 aromatic carbocycles. The minimum atomic E-state index is 0.229. The minimum Gasteiger partial charge on any atom is -0.494 e. The Hall–Kier alpha value is -0.840. The maximum atomic E-state index is 5.97. The van der Waals surface area contributed by atoms with Crippen molar-refractivity contribution in [1.29, 1.82) is 0 Å². The van der Waals surface area contributed by atoms with Gasteiger partial charge in [-0.1, -0.05) is 18.0 Å². The van der Waals surface area contributed by atoms with Crippen LogP contribution in [0.2, 0.25) is 5.15 Å². The molecule has 1 saturated heterocycles. The van der Waals surface area contributed by atoms with Gasteiger partial charge in [0.05, 0.1) is 13.2 Å². The summed E-state index contributed by atoms with van der Waals surface area (Å²) in [5.74, 6) is 6.58. The van der Waals surface area contributed by atoms with Crippen molar-refractivity contribution in [1.82, 2.24) is 9.99 Å². The number of pyridine rings is 1. The molecule has 2 rings (SSSR count). The van der Waals surface area contributed by atoms with E-state index in [9.17, 15) is 0 Å². The Morgan fingerprint density at radius 1 is 1.56 bits per heavy atom. The third kappa shape index (κ3) is 2.29. The topological polar surface area (TPSA) is 51.4 Å². The predicted octanol–water partition coefficient (Wildman–Crippen LogP) is 2.14. The van der Waals surface area contributed by atoms with E-state index in [0.29, 0.717) is 10.9 Å². The molecule has 0 bridgehead atoms. The molecule has 0 aliphatic carbocycles. The van der Waals surface area contributed by atoms with Crippen LogP contribution in [0.3, 0.4) is 0 Å². The van der Waals surface area contributed by atoms with Crippen molar-refractivity contribution in [2.24, 2.45) is 5.84 Å². The second-order valence-corrected chi connectivity index (χ2v) is 4.37. The lowest BCUT2D eigenvalue weighted by atomic mass is 9.98. The third-order valence-electron chi connectivity index (χ3n) is 2.98. The Morgan fingerprint density at radius 2 is 2.38 bits per heavy atom. The Balaban J connectivity index is 2.25. The van der Waals surface area contributed by atoms with Gasteiger partial charge < -0.3 is 4.74 Å². The van der Waals surface area contributed by atoms with Gasteiger partial charge in [-0.2, -0.15) is 0 Å². The highest BCUT2D eigenvalue weighted by Crippen LogP contribution is 2.31. The average Bonchev–Trinajstić information content (AvgIpc) is 2.31. The van der Waals surface area contributed by atoms with Gasteiger partial charge in [-0.15, -0.1) is 0 Å². The fraction of sp³-hybridized carbons (Fsp3) is 0.545. The number of hydrogen-bond donors (Lipinski definition) is 1. The molecular weight excluding hydrogens is 226 g/mol. The molecule has 1 aliphatic rings. The monoisotopic (exact) mass is 241 g/mol. The van der Waals surface area contributed by atoms with E-state index in [-0.39, 0.29) is 6.04 Å². The van der Waals surface area contributed by atoms with Crippen LogP contribution in [0.5, 0.6) is 5.75 Å². The van der Waals surface area contributed by atoms with Crippen molar-refractivity contribution in [3.05, 3.63) is 23.0 Å². The summed E-state index contributed by atoms with van der Waals surface area (Å²) in [6, 6.07) is 2.15. The van der Waals surface area contributed by atoms with Gasteiger partial charge in [0.2, 0.25) is 0 Å². The standard InChI is InChI=1S/C11H16ClN3O/c1-16-10-6-8(7-14-11(10)12)9-4-2-3-5-15(9)13/h6-7,9H,2-5,13H2,1H3/t9-/m1/s1. The molecule has 2 N–H and O–H groups in total. The number of hydrogen-bond acceptors (Lipinski definition) is 4. The molecule has 1 aliphatic heterocycles. The van der Waals surface area contributed by atoms with Crippen molar-refractivity contribution < 1.29 is 4.74 Å². The minimum absolute atomic E-state index is 0.229. The second kappa shape index (κ2) is 4.99. The second-order valence-electron chi connectivity index (χ2n) is 4.01. The maximum Gasteiger partial charge on any atom is 0.171 e. The molecule has 2 heterocycles. The fourth-order valence-electron chi connectivity index (χ4n) is 2.08. The zero-order valence-corrected chi connectivity index (χ0v) is 10.1. The van der Waals surface area contributed by atoms with E-state index in [1.54, 1.807) is 13.3 Å². The summed E-state index contributed by atoms with van der Waals surface area (Å²) < 4.78 is 5.16. The molecule has 1 aromatic rings. The fourth-order valence-corrected chi connectivity index (χ4v) is 2.26. The summed E-state index contributed by atoms with van der Waals surface area (Å²) in [4.78, 5) is 4.12. The van der Waals surface area contributed by atoms with E-state index >= 15 is 0 Å². The smallest absolute Gasteiger partial charge is 0.171 e. The molecule has 1 atom stereocenters. The summed E-state index contributed by atoms with van der Waals surface area (Å²) in [5, 5.41) is 2.26. The van der Waals surface area contributed by atoms with Gasteiger partial charge in [0.25, 0.3) is 0 Å². The highest BCUT2D eigenvalue weighted by atomic mass is 35.5. The number of nitrogens with two attached hydrogens (primary N) is 1. The molecule has 16 heavy (non-hydrogen) atoms. The first kappa shape index (κ1) is 11.6. The Morgan fingerprint density at radius 3 is 3.06 bits per heavy atom. The van der Waals surface area contributed by atoms with E-state index in [0.717, 1.165) is 24.9 Å². The number of ether oxygens (including phenoxy) is 1. The van der Waals surface area contributed by atoms with Crippen LogP contribution in [-0.2, 0) is 0 Å². The van der Waals surface area contributed by atoms with Crippen LogP contribution in [0.25, 0.3) is 0 Å². The van der Waals surface area contributed by atoms with Crippen LogP contribution in [0.4, 0.5) is 0 Å². The highest BCUT2D eigenvalue weighted by Gasteiger charge is 2.22. The van der Waals surface area contributed by atoms with E-state index < -0.39 is 0 Å². The highest BCUT2D eigenvalue weighted by molar-refractivity contribution is 6.30. The molecule has 1 aromatic heterocycles. The molecule has 88 valence electrons. The number of rotatable bonds is 2. The van der Waals surface area contributed by atoms with Gasteiger partial charge >= 0.3 is 0 Å². The summed E-state index contributed by atoms with van der Waals surface area (Å²) in [5.41, 5.74) is 1.07. The quantitative estimate of drug-likeness (QED) is 0.637. The van der Waals surface area contributed by atoms with Crippen molar-refractivity contribution in [3.8, 4) is 5.75 Å². The van der Waals surface area contributed by atoms with E-state index in [4.69, 9.17) is 22.2 Å². The van der Waals surface area contributed by atoms with Crippen molar-refractivity contribution >= 4 is 11.6 Å². The average molecular weight is 242 g/mol. The van der Waals surface area contributed by atoms with Crippen LogP contribution in [0, 0.1) is 0 Å². The van der Waals surface area contributed by atoms with Gasteiger partial charge in [0.15, 0.2) is 10.9 Å². The summed E-state index contributed by atoms with van der Waals surface area (Å²) in [6.45, 7) is 0.926. The van der Waals surface area contributed by atoms with Gasteiger partial charge in [0.1, 0.15) is 0 Å². The molecule has 0 spiro atoms. The van der Waals surface area contributed by atoms with Crippen LogP contribution in [0.15, 0.2) is 12.3 Å². The number of halogens is 1. The molecule has 0 radical (unpaired) electrons. The first-order valence-corrected chi connectivity index (χ1v) is 5.81. The lowest BCUT2D eigenvalue weighted by Crippen LogP contribution is -2.38. The third-order valence-corrected chi connectivity index (χ3v) is 3.26. The van der Waals surface area contributed by atoms with Crippen LogP contribution in [-0.4, -0.2) is 23.6 Å². The van der Waals surface area contributed by atoms with E-state index in [2.05, 4.69) is 4.98 Å². The molecule has 0 saturated carbocycles. The lowest BCUT2D eigenvalue weighted by Gasteiger charge is -2.32. The van der Waals surface area contributed by atoms with Crippen molar-refractivity contribution in [2.45, 2.75) is 25.3 Å². The van der Waals surface area contributed by atoms with E-state index in [1.807, 2.05) is 11.1 Å². The first-order chi connectivity index (χ1) is 7.72. The Kier molecular flexibility index (Phi) is 3.63. The van der Waals surface area contributed by atoms with Crippen LogP contribution >= 0.6 is 11.6 Å².